The van der Waals surface area contributed by atoms with E-state index in [9.17, 15) is 19.2 Å². The minimum atomic E-state index is -1.28. The Balaban J connectivity index is 1.84. The van der Waals surface area contributed by atoms with Crippen LogP contribution in [0.5, 0.6) is 5.75 Å². The van der Waals surface area contributed by atoms with Crippen LogP contribution in [-0.2, 0) is 55.7 Å². The molecule has 0 spiro atoms. The lowest BCUT2D eigenvalue weighted by molar-refractivity contribution is -0.270. The van der Waals surface area contributed by atoms with Crippen molar-refractivity contribution >= 4 is 23.9 Å². The van der Waals surface area contributed by atoms with Crippen molar-refractivity contribution in [2.45, 2.75) is 71.2 Å². The molecule has 38 heavy (non-hydrogen) atoms. The second kappa shape index (κ2) is 11.2. The van der Waals surface area contributed by atoms with Crippen molar-refractivity contribution in [3.8, 4) is 17.0 Å². The van der Waals surface area contributed by atoms with Gasteiger partial charge in [0, 0.05) is 33.3 Å². The summed E-state index contributed by atoms with van der Waals surface area (Å²) in [5, 5.41) is 4.56. The van der Waals surface area contributed by atoms with E-state index in [0.717, 1.165) is 28.8 Å². The Morgan fingerprint density at radius 1 is 0.895 bits per heavy atom. The van der Waals surface area contributed by atoms with Gasteiger partial charge in [-0.25, -0.2) is 4.68 Å². The number of hydrogen-bond donors (Lipinski definition) is 0. The number of carbonyl (C=O) groups is 4. The lowest BCUT2D eigenvalue weighted by atomic mass is 9.89. The number of esters is 4. The Bertz CT molecular complexity index is 1240. The van der Waals surface area contributed by atoms with Crippen molar-refractivity contribution in [2.24, 2.45) is 0 Å². The van der Waals surface area contributed by atoms with Crippen molar-refractivity contribution in [1.82, 2.24) is 9.78 Å². The van der Waals surface area contributed by atoms with Crippen LogP contribution in [0.15, 0.2) is 24.4 Å². The predicted molar refractivity (Wildman–Crippen MR) is 129 cm³/mol. The Morgan fingerprint density at radius 2 is 1.53 bits per heavy atom. The van der Waals surface area contributed by atoms with Gasteiger partial charge in [-0.2, -0.15) is 5.10 Å². The fraction of sp³-hybridized carbons (Fsp3) is 0.500. The topological polar surface area (TPSA) is 141 Å². The third kappa shape index (κ3) is 5.64. The molecule has 0 saturated carbocycles. The van der Waals surface area contributed by atoms with Gasteiger partial charge in [-0.05, 0) is 42.2 Å². The third-order valence-electron chi connectivity index (χ3n) is 6.31. The normalized spacial score (nSPS) is 23.9. The monoisotopic (exact) mass is 530 g/mol. The summed E-state index contributed by atoms with van der Waals surface area (Å²) in [6, 6.07) is 5.69. The van der Waals surface area contributed by atoms with Gasteiger partial charge >= 0.3 is 23.9 Å². The molecule has 1 aliphatic carbocycles. The first-order valence-electron chi connectivity index (χ1n) is 12.1. The van der Waals surface area contributed by atoms with Crippen molar-refractivity contribution in [1.29, 1.82) is 0 Å². The zero-order valence-corrected chi connectivity index (χ0v) is 21.8. The molecule has 2 aliphatic rings. The zero-order valence-electron chi connectivity index (χ0n) is 21.8. The molecule has 0 amide bonds. The summed E-state index contributed by atoms with van der Waals surface area (Å²) in [5.74, 6) is -1.94. The molecule has 4 rings (SSSR count). The molecule has 12 nitrogen and oxygen atoms in total. The van der Waals surface area contributed by atoms with Gasteiger partial charge in [0.1, 0.15) is 18.5 Å². The molecule has 2 aromatic rings. The number of aromatic nitrogens is 2. The minimum absolute atomic E-state index is 0.314. The van der Waals surface area contributed by atoms with E-state index in [2.05, 4.69) is 5.10 Å². The number of nitrogens with zero attached hydrogens (tertiary/aromatic N) is 2. The maximum Gasteiger partial charge on any atom is 0.303 e. The van der Waals surface area contributed by atoms with Gasteiger partial charge in [0.25, 0.3) is 0 Å². The fourth-order valence-electron chi connectivity index (χ4n) is 4.88. The Hall–Kier alpha value is -3.93. The fourth-order valence-corrected chi connectivity index (χ4v) is 4.88. The summed E-state index contributed by atoms with van der Waals surface area (Å²) in [7, 11) is 1.59. The van der Waals surface area contributed by atoms with Crippen LogP contribution in [0.2, 0.25) is 0 Å². The highest BCUT2D eigenvalue weighted by molar-refractivity contribution is 5.71. The van der Waals surface area contributed by atoms with Gasteiger partial charge in [-0.1, -0.05) is 0 Å². The number of fused-ring (bicyclic) bond motifs is 3. The summed E-state index contributed by atoms with van der Waals surface area (Å²) < 4.78 is 35.0. The molecule has 5 atom stereocenters. The molecule has 0 radical (unpaired) electrons. The minimum Gasteiger partial charge on any atom is -0.497 e. The van der Waals surface area contributed by atoms with E-state index in [-0.39, 0.29) is 6.61 Å². The Kier molecular flexibility index (Phi) is 8.00. The van der Waals surface area contributed by atoms with Gasteiger partial charge in [0.2, 0.25) is 0 Å². The van der Waals surface area contributed by atoms with Gasteiger partial charge in [0.15, 0.2) is 24.5 Å². The standard InChI is InChI=1S/C26H30N2O10/c1-13(29)34-12-21-23(35-14(2)30)24(36-15(3)31)25(37-16(4)32)26(38-21)28-22-18(11-27-28)7-6-17-10-19(33-5)8-9-20(17)22/h8-11,21,23-26H,6-7,12H2,1-5H3/t21-,23+,24+,25+,26-/m1/s1. The largest absolute Gasteiger partial charge is 0.497 e. The van der Waals surface area contributed by atoms with E-state index < -0.39 is 54.5 Å². The van der Waals surface area contributed by atoms with E-state index in [4.69, 9.17) is 28.4 Å². The number of methoxy groups -OCH3 is 1. The van der Waals surface area contributed by atoms with Crippen LogP contribution in [0.4, 0.5) is 0 Å². The quantitative estimate of drug-likeness (QED) is 0.383. The van der Waals surface area contributed by atoms with Crippen molar-refractivity contribution < 1.29 is 47.6 Å². The van der Waals surface area contributed by atoms with E-state index in [1.165, 1.54) is 27.7 Å². The number of hydrogen-bond acceptors (Lipinski definition) is 11. The van der Waals surface area contributed by atoms with Gasteiger partial charge in [-0.15, -0.1) is 0 Å². The van der Waals surface area contributed by atoms with Crippen LogP contribution >= 0.6 is 0 Å². The average Bonchev–Trinajstić information content (AvgIpc) is 3.28. The Morgan fingerprint density at radius 3 is 2.16 bits per heavy atom. The van der Waals surface area contributed by atoms with E-state index in [1.54, 1.807) is 18.0 Å². The maximum absolute atomic E-state index is 12.2. The smallest absolute Gasteiger partial charge is 0.303 e. The summed E-state index contributed by atoms with van der Waals surface area (Å²) in [6.07, 6.45) is -2.78. The van der Waals surface area contributed by atoms with Crippen LogP contribution in [0.3, 0.4) is 0 Å². The molecule has 1 fully saturated rings. The van der Waals surface area contributed by atoms with Crippen LogP contribution in [0.25, 0.3) is 11.3 Å². The summed E-state index contributed by atoms with van der Waals surface area (Å²) in [5.41, 5.74) is 3.59. The number of carbonyl (C=O) groups excluding carboxylic acids is 4. The molecule has 0 bridgehead atoms. The van der Waals surface area contributed by atoms with Crippen LogP contribution < -0.4 is 4.74 Å². The number of ether oxygens (including phenoxy) is 6. The third-order valence-corrected chi connectivity index (χ3v) is 6.31. The molecule has 12 heteroatoms. The molecule has 0 unspecified atom stereocenters. The van der Waals surface area contributed by atoms with Gasteiger partial charge in [0.05, 0.1) is 19.0 Å². The lowest BCUT2D eigenvalue weighted by Gasteiger charge is -2.44. The van der Waals surface area contributed by atoms with Crippen LogP contribution in [0.1, 0.15) is 45.0 Å². The first kappa shape index (κ1) is 27.1. The summed E-state index contributed by atoms with van der Waals surface area (Å²) >= 11 is 0. The summed E-state index contributed by atoms with van der Waals surface area (Å²) in [6.45, 7) is 4.47. The molecule has 204 valence electrons. The molecular weight excluding hydrogens is 500 g/mol. The molecular formula is C26H30N2O10. The highest BCUT2D eigenvalue weighted by Gasteiger charge is 2.53. The zero-order chi connectivity index (χ0) is 27.6. The van der Waals surface area contributed by atoms with E-state index >= 15 is 0 Å². The summed E-state index contributed by atoms with van der Waals surface area (Å²) in [4.78, 5) is 47.9. The Labute approximate surface area is 219 Å². The van der Waals surface area contributed by atoms with Crippen molar-refractivity contribution in [2.75, 3.05) is 13.7 Å². The van der Waals surface area contributed by atoms with Crippen LogP contribution in [-0.4, -0.2) is 71.8 Å². The molecule has 2 heterocycles. The number of rotatable bonds is 7. The van der Waals surface area contributed by atoms with E-state index in [1.807, 2.05) is 18.2 Å². The second-order valence-electron chi connectivity index (χ2n) is 9.08. The number of aryl methyl sites for hydroxylation is 2. The van der Waals surface area contributed by atoms with Gasteiger partial charge < -0.3 is 28.4 Å². The molecule has 1 saturated heterocycles. The van der Waals surface area contributed by atoms with Gasteiger partial charge in [-0.3, -0.25) is 19.2 Å². The SMILES string of the molecule is COc1ccc2c(c1)CCc1cnn([C@@H]3O[C@H](COC(C)=O)[C@H](OC(C)=O)[C@H](OC(C)=O)[C@@H]3OC(C)=O)c1-2. The van der Waals surface area contributed by atoms with Crippen molar-refractivity contribution in [3.05, 3.63) is 35.5 Å². The average molecular weight is 531 g/mol. The highest BCUT2D eigenvalue weighted by atomic mass is 16.7. The molecule has 1 aromatic carbocycles. The van der Waals surface area contributed by atoms with Crippen molar-refractivity contribution in [3.63, 3.8) is 0 Å². The molecule has 1 aromatic heterocycles. The first-order chi connectivity index (χ1) is 18.1. The first-order valence-corrected chi connectivity index (χ1v) is 12.1. The maximum atomic E-state index is 12.2. The predicted octanol–water partition coefficient (Wildman–Crippen LogP) is 1.91. The molecule has 1 aliphatic heterocycles. The second-order valence-corrected chi connectivity index (χ2v) is 9.08. The van der Waals surface area contributed by atoms with E-state index in [0.29, 0.717) is 12.2 Å². The highest BCUT2D eigenvalue weighted by Crippen LogP contribution is 2.41. The molecule has 0 N–H and O–H groups in total. The lowest BCUT2D eigenvalue weighted by Crippen LogP contribution is -2.60. The van der Waals surface area contributed by atoms with Crippen LogP contribution in [0, 0.1) is 0 Å². The number of benzene rings is 1.